The van der Waals surface area contributed by atoms with Gasteiger partial charge in [-0.2, -0.15) is 0 Å². The van der Waals surface area contributed by atoms with E-state index < -0.39 is 0 Å². The van der Waals surface area contributed by atoms with Gasteiger partial charge in [0.1, 0.15) is 12.4 Å². The first-order chi connectivity index (χ1) is 6.84. The molecule has 2 rings (SSSR count). The van der Waals surface area contributed by atoms with Gasteiger partial charge in [-0.25, -0.2) is 0 Å². The average molecular weight is 190 g/mol. The van der Waals surface area contributed by atoms with Gasteiger partial charge < -0.3 is 15.0 Å². The maximum atomic E-state index is 5.53. The molecule has 0 atom stereocenters. The molecule has 1 heterocycles. The summed E-state index contributed by atoms with van der Waals surface area (Å²) in [5.41, 5.74) is 6.25. The van der Waals surface area contributed by atoms with Crippen molar-refractivity contribution in [1.29, 1.82) is 0 Å². The van der Waals surface area contributed by atoms with Gasteiger partial charge in [0, 0.05) is 11.8 Å². The highest BCUT2D eigenvalue weighted by Crippen LogP contribution is 2.14. The summed E-state index contributed by atoms with van der Waals surface area (Å²) in [6.07, 6.45) is 1.58. The fourth-order valence-electron chi connectivity index (χ4n) is 1.04. The number of rotatable bonds is 3. The Morgan fingerprint density at radius 2 is 2.00 bits per heavy atom. The smallest absolute Gasteiger partial charge is 0.174 e. The largest absolute Gasteiger partial charge is 0.486 e. The van der Waals surface area contributed by atoms with Gasteiger partial charge >= 0.3 is 0 Å². The summed E-state index contributed by atoms with van der Waals surface area (Å²) in [5.74, 6) is 1.46. The number of hydrogen-bond donors (Lipinski definition) is 1. The van der Waals surface area contributed by atoms with Gasteiger partial charge in [0.25, 0.3) is 0 Å². The predicted molar refractivity (Wildman–Crippen MR) is 51.7 cm³/mol. The van der Waals surface area contributed by atoms with E-state index in [4.69, 9.17) is 15.0 Å². The molecule has 0 aliphatic carbocycles. The zero-order valence-electron chi connectivity index (χ0n) is 7.51. The third-order valence-electron chi connectivity index (χ3n) is 1.75. The Kier molecular flexibility index (Phi) is 2.36. The normalized spacial score (nSPS) is 10.0. The molecule has 72 valence electrons. The monoisotopic (exact) mass is 190 g/mol. The number of hydrogen-bond acceptors (Lipinski definition) is 4. The summed E-state index contributed by atoms with van der Waals surface area (Å²) in [6, 6.07) is 8.96. The summed E-state index contributed by atoms with van der Waals surface area (Å²) in [4.78, 5) is 0. The molecule has 0 bridgehead atoms. The lowest BCUT2D eigenvalue weighted by molar-refractivity contribution is 0.249. The zero-order chi connectivity index (χ0) is 9.80. The van der Waals surface area contributed by atoms with Crippen molar-refractivity contribution in [2.24, 2.45) is 0 Å². The van der Waals surface area contributed by atoms with Crippen molar-refractivity contribution in [2.45, 2.75) is 6.61 Å². The minimum Gasteiger partial charge on any atom is -0.486 e. The number of nitrogen functional groups attached to an aromatic ring is 1. The zero-order valence-corrected chi connectivity index (χ0v) is 7.51. The standard InChI is InChI=1S/C10H10N2O2/c11-8-1-3-9(4-2-8)13-7-10-5-6-12-14-10/h1-6H,7,11H2. The predicted octanol–water partition coefficient (Wildman–Crippen LogP) is 1.84. The highest BCUT2D eigenvalue weighted by molar-refractivity contribution is 5.41. The summed E-state index contributed by atoms with van der Waals surface area (Å²) >= 11 is 0. The molecule has 4 heteroatoms. The van der Waals surface area contributed by atoms with Crippen LogP contribution >= 0.6 is 0 Å². The molecule has 0 unspecified atom stereocenters. The second-order valence-corrected chi connectivity index (χ2v) is 2.84. The van der Waals surface area contributed by atoms with Crippen LogP contribution in [-0.4, -0.2) is 5.16 Å². The van der Waals surface area contributed by atoms with Crippen LogP contribution in [-0.2, 0) is 6.61 Å². The van der Waals surface area contributed by atoms with Crippen molar-refractivity contribution in [1.82, 2.24) is 5.16 Å². The van der Waals surface area contributed by atoms with Crippen molar-refractivity contribution in [3.63, 3.8) is 0 Å². The van der Waals surface area contributed by atoms with E-state index >= 15 is 0 Å². The molecule has 4 nitrogen and oxygen atoms in total. The summed E-state index contributed by atoms with van der Waals surface area (Å²) in [5, 5.41) is 3.57. The molecule has 0 amide bonds. The topological polar surface area (TPSA) is 61.3 Å². The molecule has 0 aliphatic rings. The van der Waals surface area contributed by atoms with Crippen LogP contribution in [0.1, 0.15) is 5.76 Å². The third-order valence-corrected chi connectivity index (χ3v) is 1.75. The SMILES string of the molecule is Nc1ccc(OCc2ccno2)cc1. The second-order valence-electron chi connectivity index (χ2n) is 2.84. The molecule has 0 aliphatic heterocycles. The Morgan fingerprint density at radius 1 is 1.21 bits per heavy atom. The van der Waals surface area contributed by atoms with Crippen LogP contribution in [0.15, 0.2) is 41.1 Å². The Balaban J connectivity index is 1.95. The second kappa shape index (κ2) is 3.83. The number of nitrogens with two attached hydrogens (primary N) is 1. The maximum absolute atomic E-state index is 5.53. The van der Waals surface area contributed by atoms with Crippen molar-refractivity contribution in [2.75, 3.05) is 5.73 Å². The van der Waals surface area contributed by atoms with E-state index in [2.05, 4.69) is 5.16 Å². The van der Waals surface area contributed by atoms with Crippen molar-refractivity contribution >= 4 is 5.69 Å². The van der Waals surface area contributed by atoms with Gasteiger partial charge in [0.2, 0.25) is 0 Å². The molecule has 0 radical (unpaired) electrons. The van der Waals surface area contributed by atoms with Crippen LogP contribution in [0.4, 0.5) is 5.69 Å². The summed E-state index contributed by atoms with van der Waals surface area (Å²) in [6.45, 7) is 0.379. The Bertz CT molecular complexity index is 381. The molecule has 0 spiro atoms. The van der Waals surface area contributed by atoms with Gasteiger partial charge in [-0.05, 0) is 24.3 Å². The first-order valence-electron chi connectivity index (χ1n) is 4.22. The van der Waals surface area contributed by atoms with Gasteiger partial charge in [-0.3, -0.25) is 0 Å². The highest BCUT2D eigenvalue weighted by Gasteiger charge is 1.98. The first-order valence-corrected chi connectivity index (χ1v) is 4.22. The quantitative estimate of drug-likeness (QED) is 0.750. The third kappa shape index (κ3) is 2.04. The lowest BCUT2D eigenvalue weighted by atomic mass is 10.3. The molecule has 2 aromatic rings. The molecule has 2 N–H and O–H groups in total. The molecular formula is C10H10N2O2. The number of nitrogens with zero attached hydrogens (tertiary/aromatic N) is 1. The van der Waals surface area contributed by atoms with Crippen LogP contribution in [0.2, 0.25) is 0 Å². The lowest BCUT2D eigenvalue weighted by Gasteiger charge is -2.03. The molecule has 1 aromatic heterocycles. The maximum Gasteiger partial charge on any atom is 0.174 e. The minimum atomic E-state index is 0.379. The van der Waals surface area contributed by atoms with Gasteiger partial charge in [-0.15, -0.1) is 0 Å². The minimum absolute atomic E-state index is 0.379. The molecule has 14 heavy (non-hydrogen) atoms. The Labute approximate surface area is 81.3 Å². The summed E-state index contributed by atoms with van der Waals surface area (Å²) < 4.78 is 10.3. The Morgan fingerprint density at radius 3 is 2.64 bits per heavy atom. The van der Waals surface area contributed by atoms with Gasteiger partial charge in [-0.1, -0.05) is 5.16 Å². The van der Waals surface area contributed by atoms with E-state index in [9.17, 15) is 0 Å². The molecular weight excluding hydrogens is 180 g/mol. The fraction of sp³-hybridized carbons (Fsp3) is 0.100. The van der Waals surface area contributed by atoms with Crippen LogP contribution in [0, 0.1) is 0 Å². The van der Waals surface area contributed by atoms with Crippen molar-refractivity contribution < 1.29 is 9.26 Å². The van der Waals surface area contributed by atoms with E-state index in [0.29, 0.717) is 12.4 Å². The van der Waals surface area contributed by atoms with Crippen LogP contribution < -0.4 is 10.5 Å². The van der Waals surface area contributed by atoms with E-state index in [-0.39, 0.29) is 0 Å². The van der Waals surface area contributed by atoms with Crippen LogP contribution in [0.3, 0.4) is 0 Å². The van der Waals surface area contributed by atoms with Crippen LogP contribution in [0.25, 0.3) is 0 Å². The van der Waals surface area contributed by atoms with E-state index in [1.165, 1.54) is 0 Å². The van der Waals surface area contributed by atoms with E-state index in [0.717, 1.165) is 11.4 Å². The molecule has 0 saturated carbocycles. The number of benzene rings is 1. The molecule has 0 saturated heterocycles. The molecule has 0 fully saturated rings. The fourth-order valence-corrected chi connectivity index (χ4v) is 1.04. The highest BCUT2D eigenvalue weighted by atomic mass is 16.5. The lowest BCUT2D eigenvalue weighted by Crippen LogP contribution is -1.93. The van der Waals surface area contributed by atoms with Crippen molar-refractivity contribution in [3.8, 4) is 5.75 Å². The molecule has 1 aromatic carbocycles. The number of ether oxygens (including phenoxy) is 1. The van der Waals surface area contributed by atoms with E-state index in [1.54, 1.807) is 24.4 Å². The van der Waals surface area contributed by atoms with Gasteiger partial charge in [0.15, 0.2) is 5.76 Å². The summed E-state index contributed by atoms with van der Waals surface area (Å²) in [7, 11) is 0. The first kappa shape index (κ1) is 8.62. The number of aromatic nitrogens is 1. The average Bonchev–Trinajstić information content (AvgIpc) is 2.70. The Hall–Kier alpha value is -1.97. The van der Waals surface area contributed by atoms with Gasteiger partial charge in [0.05, 0.1) is 6.20 Å². The number of anilines is 1. The van der Waals surface area contributed by atoms with Crippen LogP contribution in [0.5, 0.6) is 5.75 Å². The van der Waals surface area contributed by atoms with E-state index in [1.807, 2.05) is 12.1 Å². The van der Waals surface area contributed by atoms with Crippen molar-refractivity contribution in [3.05, 3.63) is 42.3 Å².